The molecule has 2 atom stereocenters. The summed E-state index contributed by atoms with van der Waals surface area (Å²) in [6.45, 7) is 1.29. The Morgan fingerprint density at radius 3 is 2.56 bits per heavy atom. The molecule has 3 N–H and O–H groups in total. The van der Waals surface area contributed by atoms with Gasteiger partial charge >= 0.3 is 0 Å². The van der Waals surface area contributed by atoms with Gasteiger partial charge in [-0.1, -0.05) is 12.8 Å². The number of hydrogen-bond acceptors (Lipinski definition) is 5. The maximum absolute atomic E-state index is 13.3. The third-order valence-corrected chi connectivity index (χ3v) is 6.82. The predicted octanol–water partition coefficient (Wildman–Crippen LogP) is 3.69. The zero-order chi connectivity index (χ0) is 22.7. The summed E-state index contributed by atoms with van der Waals surface area (Å²) >= 11 is 0. The van der Waals surface area contributed by atoms with E-state index in [0.29, 0.717) is 47.3 Å². The lowest BCUT2D eigenvalue weighted by atomic mass is 9.69. The molecule has 2 amide bonds. The van der Waals surface area contributed by atoms with Gasteiger partial charge in [0.15, 0.2) is 0 Å². The van der Waals surface area contributed by atoms with Crippen molar-refractivity contribution >= 4 is 17.5 Å². The summed E-state index contributed by atoms with van der Waals surface area (Å²) in [6, 6.07) is 12.0. The maximum Gasteiger partial charge on any atom is 0.257 e. The first-order valence-corrected chi connectivity index (χ1v) is 11.1. The first-order valence-electron chi connectivity index (χ1n) is 11.1. The van der Waals surface area contributed by atoms with Crippen molar-refractivity contribution in [2.45, 2.75) is 37.6 Å². The number of hydrogen-bond donors (Lipinski definition) is 2. The van der Waals surface area contributed by atoms with Crippen molar-refractivity contribution in [3.05, 3.63) is 53.6 Å². The summed E-state index contributed by atoms with van der Waals surface area (Å²) in [5.74, 6) is 1.28. The molecule has 1 saturated heterocycles. The molecule has 32 heavy (non-hydrogen) atoms. The van der Waals surface area contributed by atoms with Crippen LogP contribution >= 0.6 is 0 Å². The van der Waals surface area contributed by atoms with Crippen LogP contribution in [0.15, 0.2) is 42.5 Å². The number of nitrogens with one attached hydrogen (secondary N) is 1. The lowest BCUT2D eigenvalue weighted by Crippen LogP contribution is -2.61. The predicted molar refractivity (Wildman–Crippen MR) is 123 cm³/mol. The van der Waals surface area contributed by atoms with E-state index >= 15 is 0 Å². The molecule has 2 fully saturated rings. The number of anilines is 1. The Morgan fingerprint density at radius 1 is 1.06 bits per heavy atom. The highest BCUT2D eigenvalue weighted by Crippen LogP contribution is 2.38. The molecular weight excluding hydrogens is 406 g/mol. The molecule has 0 radical (unpaired) electrons. The SMILES string of the molecule is COc1ccc(C(=O)Nc2ccc(C(=O)N3CCC4CCCCC4(N)C3)c(OC)c2)cc1. The van der Waals surface area contributed by atoms with Gasteiger partial charge in [-0.05, 0) is 61.6 Å². The summed E-state index contributed by atoms with van der Waals surface area (Å²) in [6.07, 6.45) is 5.43. The summed E-state index contributed by atoms with van der Waals surface area (Å²) < 4.78 is 10.6. The van der Waals surface area contributed by atoms with E-state index in [9.17, 15) is 9.59 Å². The van der Waals surface area contributed by atoms with Crippen LogP contribution in [0.2, 0.25) is 0 Å². The van der Waals surface area contributed by atoms with Crippen molar-refractivity contribution in [1.82, 2.24) is 4.90 Å². The summed E-state index contributed by atoms with van der Waals surface area (Å²) in [5, 5.41) is 2.85. The largest absolute Gasteiger partial charge is 0.497 e. The minimum Gasteiger partial charge on any atom is -0.497 e. The van der Waals surface area contributed by atoms with Crippen molar-refractivity contribution < 1.29 is 19.1 Å². The van der Waals surface area contributed by atoms with Gasteiger partial charge in [-0.2, -0.15) is 0 Å². The summed E-state index contributed by atoms with van der Waals surface area (Å²) in [5.41, 5.74) is 7.97. The van der Waals surface area contributed by atoms with Crippen LogP contribution in [-0.4, -0.2) is 49.6 Å². The number of ether oxygens (including phenoxy) is 2. The van der Waals surface area contributed by atoms with E-state index in [1.165, 1.54) is 13.5 Å². The molecule has 7 nitrogen and oxygen atoms in total. The molecule has 0 aromatic heterocycles. The maximum atomic E-state index is 13.3. The normalized spacial score (nSPS) is 22.6. The fourth-order valence-corrected chi connectivity index (χ4v) is 4.96. The van der Waals surface area contributed by atoms with Crippen molar-refractivity contribution in [2.24, 2.45) is 11.7 Å². The number of carbonyl (C=O) groups excluding carboxylic acids is 2. The average Bonchev–Trinajstić information content (AvgIpc) is 2.82. The molecule has 7 heteroatoms. The van der Waals surface area contributed by atoms with Crippen molar-refractivity contribution in [2.75, 3.05) is 32.6 Å². The highest BCUT2D eigenvalue weighted by atomic mass is 16.5. The van der Waals surface area contributed by atoms with Crippen LogP contribution in [0.5, 0.6) is 11.5 Å². The minimum atomic E-state index is -0.286. The van der Waals surface area contributed by atoms with Gasteiger partial charge in [-0.15, -0.1) is 0 Å². The number of amides is 2. The number of likely N-dealkylation sites (tertiary alicyclic amines) is 1. The third kappa shape index (κ3) is 4.43. The molecule has 2 unspecified atom stereocenters. The minimum absolute atomic E-state index is 0.0799. The van der Waals surface area contributed by atoms with E-state index in [2.05, 4.69) is 5.32 Å². The second kappa shape index (κ2) is 9.20. The van der Waals surface area contributed by atoms with Crippen LogP contribution in [0.4, 0.5) is 5.69 Å². The Labute approximate surface area is 188 Å². The fourth-order valence-electron chi connectivity index (χ4n) is 4.96. The van der Waals surface area contributed by atoms with Crippen molar-refractivity contribution in [1.29, 1.82) is 0 Å². The number of benzene rings is 2. The van der Waals surface area contributed by atoms with Gasteiger partial charge in [0, 0.05) is 35.9 Å². The van der Waals surface area contributed by atoms with Crippen LogP contribution in [0, 0.1) is 5.92 Å². The van der Waals surface area contributed by atoms with Crippen LogP contribution in [0.3, 0.4) is 0 Å². The quantitative estimate of drug-likeness (QED) is 0.744. The Balaban J connectivity index is 1.48. The molecule has 2 aromatic carbocycles. The second-order valence-electron chi connectivity index (χ2n) is 8.79. The first-order chi connectivity index (χ1) is 15.4. The van der Waals surface area contributed by atoms with Gasteiger partial charge in [0.1, 0.15) is 11.5 Å². The van der Waals surface area contributed by atoms with Gasteiger partial charge in [0.05, 0.1) is 19.8 Å². The second-order valence-corrected chi connectivity index (χ2v) is 8.79. The molecule has 2 aromatic rings. The van der Waals surface area contributed by atoms with E-state index < -0.39 is 0 Å². The zero-order valence-corrected chi connectivity index (χ0v) is 18.7. The molecule has 0 spiro atoms. The Bertz CT molecular complexity index is 991. The van der Waals surface area contributed by atoms with Gasteiger partial charge in [0.2, 0.25) is 0 Å². The molecule has 1 aliphatic heterocycles. The van der Waals surface area contributed by atoms with E-state index in [-0.39, 0.29) is 17.4 Å². The number of piperidine rings is 1. The highest BCUT2D eigenvalue weighted by molar-refractivity contribution is 6.05. The van der Waals surface area contributed by atoms with E-state index in [1.807, 2.05) is 4.90 Å². The third-order valence-electron chi connectivity index (χ3n) is 6.82. The number of nitrogens with two attached hydrogens (primary N) is 1. The first kappa shape index (κ1) is 22.1. The monoisotopic (exact) mass is 437 g/mol. The van der Waals surface area contributed by atoms with E-state index in [4.69, 9.17) is 15.2 Å². The van der Waals surface area contributed by atoms with Crippen molar-refractivity contribution in [3.8, 4) is 11.5 Å². The van der Waals surface area contributed by atoms with Gasteiger partial charge in [-0.25, -0.2) is 0 Å². The molecule has 1 aliphatic carbocycles. The fraction of sp³-hybridized carbons (Fsp3) is 0.440. The number of carbonyl (C=O) groups is 2. The molecule has 2 aliphatic rings. The average molecular weight is 438 g/mol. The van der Waals surface area contributed by atoms with Gasteiger partial charge in [-0.3, -0.25) is 9.59 Å². The standard InChI is InChI=1S/C25H31N3O4/c1-31-20-9-6-17(7-10-20)23(29)27-19-8-11-21(22(15-19)32-2)24(30)28-14-12-18-5-3-4-13-25(18,26)16-28/h6-11,15,18H,3-5,12-14,16,26H2,1-2H3,(H,27,29). The zero-order valence-electron chi connectivity index (χ0n) is 18.7. The lowest BCUT2D eigenvalue weighted by Gasteiger charge is -2.48. The van der Waals surface area contributed by atoms with E-state index in [1.54, 1.807) is 49.6 Å². The Hall–Kier alpha value is -3.06. The topological polar surface area (TPSA) is 93.9 Å². The molecule has 1 saturated carbocycles. The Kier molecular flexibility index (Phi) is 6.37. The van der Waals surface area contributed by atoms with E-state index in [0.717, 1.165) is 25.7 Å². The number of nitrogens with zero attached hydrogens (tertiary/aromatic N) is 1. The molecule has 170 valence electrons. The molecular formula is C25H31N3O4. The Morgan fingerprint density at radius 2 is 1.84 bits per heavy atom. The van der Waals surface area contributed by atoms with Crippen LogP contribution in [0.1, 0.15) is 52.8 Å². The summed E-state index contributed by atoms with van der Waals surface area (Å²) in [7, 11) is 3.11. The smallest absolute Gasteiger partial charge is 0.257 e. The van der Waals surface area contributed by atoms with Crippen LogP contribution in [0.25, 0.3) is 0 Å². The number of methoxy groups -OCH3 is 2. The number of fused-ring (bicyclic) bond motifs is 1. The number of rotatable bonds is 5. The summed E-state index contributed by atoms with van der Waals surface area (Å²) in [4.78, 5) is 27.7. The van der Waals surface area contributed by atoms with Crippen LogP contribution in [-0.2, 0) is 0 Å². The molecule has 0 bridgehead atoms. The van der Waals surface area contributed by atoms with Crippen LogP contribution < -0.4 is 20.5 Å². The molecule has 4 rings (SSSR count). The lowest BCUT2D eigenvalue weighted by molar-refractivity contribution is 0.0414. The molecule has 1 heterocycles. The van der Waals surface area contributed by atoms with Gasteiger partial charge in [0.25, 0.3) is 11.8 Å². The van der Waals surface area contributed by atoms with Crippen molar-refractivity contribution in [3.63, 3.8) is 0 Å². The van der Waals surface area contributed by atoms with Gasteiger partial charge < -0.3 is 25.4 Å². The highest BCUT2D eigenvalue weighted by Gasteiger charge is 2.43.